The lowest BCUT2D eigenvalue weighted by Crippen LogP contribution is -2.26. The summed E-state index contributed by atoms with van der Waals surface area (Å²) < 4.78 is 11.4. The molecule has 0 bridgehead atoms. The first-order valence-corrected chi connectivity index (χ1v) is 6.85. The van der Waals surface area contributed by atoms with E-state index in [-0.39, 0.29) is 6.10 Å². The summed E-state index contributed by atoms with van der Waals surface area (Å²) >= 11 is 0. The Morgan fingerprint density at radius 1 is 1.29 bits per heavy atom. The summed E-state index contributed by atoms with van der Waals surface area (Å²) in [5.41, 5.74) is 2.00. The van der Waals surface area contributed by atoms with E-state index in [0.29, 0.717) is 30.2 Å². The Balaban J connectivity index is 1.98. The number of rotatable bonds is 3. The highest BCUT2D eigenvalue weighted by atomic mass is 16.5. The van der Waals surface area contributed by atoms with Crippen LogP contribution in [0.2, 0.25) is 0 Å². The normalized spacial score (nSPS) is 15.4. The zero-order valence-corrected chi connectivity index (χ0v) is 11.5. The molecule has 1 fully saturated rings. The predicted octanol–water partition coefficient (Wildman–Crippen LogP) is 2.37. The van der Waals surface area contributed by atoms with Gasteiger partial charge < -0.3 is 9.47 Å². The second kappa shape index (κ2) is 6.33. The van der Waals surface area contributed by atoms with Crippen LogP contribution in [0, 0.1) is 17.7 Å². The SMILES string of the molecule is N#Cc1cccc(-c2ccn[c]n2)c1OC1CCOCC1. The second-order valence-corrected chi connectivity index (χ2v) is 4.77. The third-order valence-corrected chi connectivity index (χ3v) is 3.40. The molecule has 1 radical (unpaired) electrons. The summed E-state index contributed by atoms with van der Waals surface area (Å²) in [6.45, 7) is 1.38. The van der Waals surface area contributed by atoms with Gasteiger partial charge in [0.05, 0.1) is 24.5 Å². The average Bonchev–Trinajstić information content (AvgIpc) is 2.57. The Hall–Kier alpha value is -2.45. The zero-order chi connectivity index (χ0) is 14.5. The van der Waals surface area contributed by atoms with Crippen LogP contribution in [0.15, 0.2) is 30.5 Å². The Morgan fingerprint density at radius 3 is 2.86 bits per heavy atom. The fourth-order valence-electron chi connectivity index (χ4n) is 2.33. The predicted molar refractivity (Wildman–Crippen MR) is 75.5 cm³/mol. The van der Waals surface area contributed by atoms with Crippen LogP contribution in [-0.4, -0.2) is 29.3 Å². The average molecular weight is 280 g/mol. The van der Waals surface area contributed by atoms with E-state index in [9.17, 15) is 5.26 Å². The van der Waals surface area contributed by atoms with E-state index in [1.807, 2.05) is 12.1 Å². The molecule has 0 atom stereocenters. The van der Waals surface area contributed by atoms with Gasteiger partial charge in [0.25, 0.3) is 0 Å². The summed E-state index contributed by atoms with van der Waals surface area (Å²) in [4.78, 5) is 7.93. The summed E-state index contributed by atoms with van der Waals surface area (Å²) in [7, 11) is 0. The van der Waals surface area contributed by atoms with Crippen molar-refractivity contribution >= 4 is 0 Å². The van der Waals surface area contributed by atoms with Gasteiger partial charge in [0.2, 0.25) is 0 Å². The molecule has 1 saturated heterocycles. The third kappa shape index (κ3) is 3.01. The quantitative estimate of drug-likeness (QED) is 0.863. The molecule has 2 heterocycles. The van der Waals surface area contributed by atoms with Crippen LogP contribution in [0.3, 0.4) is 0 Å². The Kier molecular flexibility index (Phi) is 4.08. The van der Waals surface area contributed by atoms with Crippen molar-refractivity contribution in [2.24, 2.45) is 0 Å². The number of para-hydroxylation sites is 1. The summed E-state index contributed by atoms with van der Waals surface area (Å²) in [6.07, 6.45) is 5.92. The molecule has 0 N–H and O–H groups in total. The van der Waals surface area contributed by atoms with Gasteiger partial charge in [-0.3, -0.25) is 0 Å². The number of hydrogen-bond donors (Lipinski definition) is 0. The van der Waals surface area contributed by atoms with Gasteiger partial charge >= 0.3 is 0 Å². The Morgan fingerprint density at radius 2 is 2.14 bits per heavy atom. The molecule has 21 heavy (non-hydrogen) atoms. The molecule has 5 heteroatoms. The van der Waals surface area contributed by atoms with Gasteiger partial charge in [-0.25, -0.2) is 9.97 Å². The summed E-state index contributed by atoms with van der Waals surface area (Å²) in [5, 5.41) is 9.32. The minimum absolute atomic E-state index is 0.0674. The molecule has 1 aromatic carbocycles. The van der Waals surface area contributed by atoms with Crippen molar-refractivity contribution in [3.63, 3.8) is 0 Å². The summed E-state index contributed by atoms with van der Waals surface area (Å²) in [5.74, 6) is 0.582. The number of nitrogens with zero attached hydrogens (tertiary/aromatic N) is 3. The topological polar surface area (TPSA) is 68.0 Å². The van der Waals surface area contributed by atoms with Crippen LogP contribution in [0.25, 0.3) is 11.3 Å². The van der Waals surface area contributed by atoms with Gasteiger partial charge in [-0.2, -0.15) is 5.26 Å². The fourth-order valence-corrected chi connectivity index (χ4v) is 2.33. The number of nitriles is 1. The molecular weight excluding hydrogens is 266 g/mol. The maximum absolute atomic E-state index is 9.32. The van der Waals surface area contributed by atoms with Crippen molar-refractivity contribution in [2.45, 2.75) is 18.9 Å². The van der Waals surface area contributed by atoms with Crippen molar-refractivity contribution in [3.05, 3.63) is 42.4 Å². The molecule has 1 aliphatic rings. The first-order chi connectivity index (χ1) is 10.4. The molecule has 1 aliphatic heterocycles. The minimum atomic E-state index is 0.0674. The maximum Gasteiger partial charge on any atom is 0.198 e. The van der Waals surface area contributed by atoms with Crippen molar-refractivity contribution in [1.82, 2.24) is 9.97 Å². The number of hydrogen-bond acceptors (Lipinski definition) is 5. The largest absolute Gasteiger partial charge is 0.488 e. The van der Waals surface area contributed by atoms with E-state index >= 15 is 0 Å². The lowest BCUT2D eigenvalue weighted by Gasteiger charge is -2.25. The lowest BCUT2D eigenvalue weighted by atomic mass is 10.1. The van der Waals surface area contributed by atoms with Gasteiger partial charge in [0, 0.05) is 24.6 Å². The van der Waals surface area contributed by atoms with Crippen molar-refractivity contribution < 1.29 is 9.47 Å². The first-order valence-electron chi connectivity index (χ1n) is 6.85. The molecule has 2 aromatic rings. The highest BCUT2D eigenvalue weighted by Gasteiger charge is 2.20. The molecule has 1 aromatic heterocycles. The number of ether oxygens (including phenoxy) is 2. The zero-order valence-electron chi connectivity index (χ0n) is 11.5. The lowest BCUT2D eigenvalue weighted by molar-refractivity contribution is 0.0257. The van der Waals surface area contributed by atoms with Gasteiger partial charge in [-0.15, -0.1) is 0 Å². The van der Waals surface area contributed by atoms with Crippen molar-refractivity contribution in [2.75, 3.05) is 13.2 Å². The molecule has 0 amide bonds. The maximum atomic E-state index is 9.32. The molecule has 3 rings (SSSR count). The fraction of sp³-hybridized carbons (Fsp3) is 0.312. The first kappa shape index (κ1) is 13.5. The van der Waals surface area contributed by atoms with Gasteiger partial charge in [-0.05, 0) is 18.2 Å². The van der Waals surface area contributed by atoms with E-state index < -0.39 is 0 Å². The second-order valence-electron chi connectivity index (χ2n) is 4.77. The van der Waals surface area contributed by atoms with E-state index in [4.69, 9.17) is 9.47 Å². The molecule has 5 nitrogen and oxygen atoms in total. The van der Waals surface area contributed by atoms with Crippen LogP contribution in [0.4, 0.5) is 0 Å². The minimum Gasteiger partial charge on any atom is -0.488 e. The van der Waals surface area contributed by atoms with Gasteiger partial charge in [0.15, 0.2) is 6.33 Å². The van der Waals surface area contributed by atoms with Gasteiger partial charge in [-0.1, -0.05) is 6.07 Å². The smallest absolute Gasteiger partial charge is 0.198 e. The molecule has 105 valence electrons. The summed E-state index contributed by atoms with van der Waals surface area (Å²) in [6, 6.07) is 9.44. The van der Waals surface area contributed by atoms with Crippen molar-refractivity contribution in [1.29, 1.82) is 5.26 Å². The van der Waals surface area contributed by atoms with E-state index in [2.05, 4.69) is 22.4 Å². The Bertz CT molecular complexity index is 646. The van der Waals surface area contributed by atoms with Crippen LogP contribution >= 0.6 is 0 Å². The highest BCUT2D eigenvalue weighted by molar-refractivity contribution is 5.70. The monoisotopic (exact) mass is 280 g/mol. The highest BCUT2D eigenvalue weighted by Crippen LogP contribution is 2.33. The van der Waals surface area contributed by atoms with Crippen LogP contribution in [-0.2, 0) is 4.74 Å². The third-order valence-electron chi connectivity index (χ3n) is 3.40. The van der Waals surface area contributed by atoms with Crippen LogP contribution < -0.4 is 4.74 Å². The number of aromatic nitrogens is 2. The van der Waals surface area contributed by atoms with E-state index in [1.54, 1.807) is 18.3 Å². The molecule has 0 spiro atoms. The van der Waals surface area contributed by atoms with E-state index in [0.717, 1.165) is 18.4 Å². The molecule has 0 aliphatic carbocycles. The number of benzene rings is 1. The molecular formula is C16H14N3O2. The Labute approximate surface area is 123 Å². The van der Waals surface area contributed by atoms with Crippen LogP contribution in [0.5, 0.6) is 5.75 Å². The van der Waals surface area contributed by atoms with E-state index in [1.165, 1.54) is 0 Å². The standard InChI is InChI=1S/C16H14N3O2/c17-10-12-2-1-3-14(15-4-7-18-11-19-15)16(12)21-13-5-8-20-9-6-13/h1-4,7,13H,5-6,8-9H2. The molecule has 0 saturated carbocycles. The molecule has 0 unspecified atom stereocenters. The van der Waals surface area contributed by atoms with Crippen molar-refractivity contribution in [3.8, 4) is 23.1 Å². The van der Waals surface area contributed by atoms with Gasteiger partial charge in [0.1, 0.15) is 17.9 Å². The van der Waals surface area contributed by atoms with Crippen LogP contribution in [0.1, 0.15) is 18.4 Å².